The van der Waals surface area contributed by atoms with E-state index in [1.807, 2.05) is 0 Å². The maximum atomic E-state index is 13.1. The molecule has 6 heteroatoms. The van der Waals surface area contributed by atoms with Gasteiger partial charge in [0.2, 0.25) is 5.91 Å². The first-order chi connectivity index (χ1) is 8.56. The van der Waals surface area contributed by atoms with Crippen molar-refractivity contribution in [2.45, 2.75) is 6.54 Å². The van der Waals surface area contributed by atoms with E-state index in [4.69, 9.17) is 5.73 Å². The zero-order valence-corrected chi connectivity index (χ0v) is 11.6. The summed E-state index contributed by atoms with van der Waals surface area (Å²) in [6, 6.07) is 6.16. The molecule has 2 rings (SSSR count). The molecule has 0 atom stereocenters. The Labute approximate surface area is 116 Å². The fourth-order valence-corrected chi connectivity index (χ4v) is 2.62. The average molecular weight is 329 g/mol. The molecule has 1 amide bonds. The van der Waals surface area contributed by atoms with Crippen molar-refractivity contribution in [3.05, 3.63) is 50.4 Å². The number of hydrogen-bond donors (Lipinski definition) is 2. The molecule has 0 aliphatic rings. The van der Waals surface area contributed by atoms with Gasteiger partial charge in [-0.2, -0.15) is 0 Å². The number of carbonyl (C=O) groups excluding carboxylic acids is 1. The van der Waals surface area contributed by atoms with Gasteiger partial charge in [-0.25, -0.2) is 4.39 Å². The number of primary amides is 1. The van der Waals surface area contributed by atoms with Crippen LogP contribution in [0, 0.1) is 5.82 Å². The van der Waals surface area contributed by atoms with Crippen molar-refractivity contribution in [3.8, 4) is 0 Å². The van der Waals surface area contributed by atoms with Crippen molar-refractivity contribution in [1.29, 1.82) is 0 Å². The molecule has 0 aliphatic carbocycles. The van der Waals surface area contributed by atoms with Gasteiger partial charge < -0.3 is 11.1 Å². The second kappa shape index (κ2) is 5.49. The first-order valence-corrected chi connectivity index (χ1v) is 6.79. The summed E-state index contributed by atoms with van der Waals surface area (Å²) in [4.78, 5) is 11.9. The highest BCUT2D eigenvalue weighted by molar-refractivity contribution is 9.10. The number of nitrogens with two attached hydrogens (primary N) is 1. The van der Waals surface area contributed by atoms with Crippen LogP contribution >= 0.6 is 27.3 Å². The van der Waals surface area contributed by atoms with Crippen LogP contribution in [-0.4, -0.2) is 5.91 Å². The fraction of sp³-hybridized carbons (Fsp3) is 0.0833. The molecule has 2 aromatic rings. The minimum absolute atomic E-state index is 0.301. The number of amides is 1. The van der Waals surface area contributed by atoms with Crippen LogP contribution in [0.1, 0.15) is 15.2 Å². The Morgan fingerprint density at radius 2 is 2.22 bits per heavy atom. The zero-order chi connectivity index (χ0) is 13.1. The van der Waals surface area contributed by atoms with Gasteiger partial charge in [0, 0.05) is 21.3 Å². The van der Waals surface area contributed by atoms with Gasteiger partial charge in [0.15, 0.2) is 0 Å². The van der Waals surface area contributed by atoms with Gasteiger partial charge in [0.1, 0.15) is 5.82 Å². The monoisotopic (exact) mass is 328 g/mol. The number of anilines is 1. The summed E-state index contributed by atoms with van der Waals surface area (Å²) >= 11 is 4.77. The van der Waals surface area contributed by atoms with Crippen LogP contribution in [0.3, 0.4) is 0 Å². The third-order valence-electron chi connectivity index (χ3n) is 2.32. The van der Waals surface area contributed by atoms with E-state index in [9.17, 15) is 9.18 Å². The van der Waals surface area contributed by atoms with Gasteiger partial charge in [-0.05, 0) is 40.2 Å². The molecule has 1 heterocycles. The highest BCUT2D eigenvalue weighted by Gasteiger charge is 2.06. The normalized spacial score (nSPS) is 10.3. The number of rotatable bonds is 4. The highest BCUT2D eigenvalue weighted by Crippen LogP contribution is 2.24. The quantitative estimate of drug-likeness (QED) is 0.904. The average Bonchev–Trinajstić information content (AvgIpc) is 2.79. The van der Waals surface area contributed by atoms with E-state index in [1.165, 1.54) is 23.5 Å². The summed E-state index contributed by atoms with van der Waals surface area (Å²) in [5.74, 6) is -0.742. The lowest BCUT2D eigenvalue weighted by molar-refractivity contribution is 0.100. The van der Waals surface area contributed by atoms with E-state index in [2.05, 4.69) is 21.2 Å². The summed E-state index contributed by atoms with van der Waals surface area (Å²) in [6.07, 6.45) is 0. The van der Waals surface area contributed by atoms with E-state index < -0.39 is 5.91 Å². The standard InChI is InChI=1S/C12H10BrFN2OS/c13-10-2-1-8(14)4-11(10)16-5-9-3-7(6-18-9)12(15)17/h1-4,6,16H,5H2,(H2,15,17). The first kappa shape index (κ1) is 13.0. The van der Waals surface area contributed by atoms with Crippen LogP contribution < -0.4 is 11.1 Å². The number of benzene rings is 1. The second-order valence-electron chi connectivity index (χ2n) is 3.64. The molecule has 0 bridgehead atoms. The van der Waals surface area contributed by atoms with Gasteiger partial charge >= 0.3 is 0 Å². The van der Waals surface area contributed by atoms with E-state index in [0.717, 1.165) is 9.35 Å². The van der Waals surface area contributed by atoms with E-state index in [0.29, 0.717) is 17.8 Å². The SMILES string of the molecule is NC(=O)c1csc(CNc2cc(F)ccc2Br)c1. The maximum absolute atomic E-state index is 13.1. The van der Waals surface area contributed by atoms with Crippen LogP contribution in [0.25, 0.3) is 0 Å². The number of nitrogens with one attached hydrogen (secondary N) is 1. The highest BCUT2D eigenvalue weighted by atomic mass is 79.9. The van der Waals surface area contributed by atoms with Gasteiger partial charge in [-0.3, -0.25) is 4.79 Å². The number of carbonyl (C=O) groups is 1. The fourth-order valence-electron chi connectivity index (χ4n) is 1.42. The summed E-state index contributed by atoms with van der Waals surface area (Å²) < 4.78 is 13.9. The van der Waals surface area contributed by atoms with Crippen LogP contribution in [-0.2, 0) is 6.54 Å². The van der Waals surface area contributed by atoms with Crippen molar-refractivity contribution in [2.75, 3.05) is 5.32 Å². The van der Waals surface area contributed by atoms with Crippen molar-refractivity contribution >= 4 is 38.9 Å². The van der Waals surface area contributed by atoms with Gasteiger partial charge in [0.05, 0.1) is 11.3 Å². The smallest absolute Gasteiger partial charge is 0.249 e. The molecule has 0 fully saturated rings. The molecule has 0 radical (unpaired) electrons. The van der Waals surface area contributed by atoms with Crippen LogP contribution in [0.5, 0.6) is 0 Å². The zero-order valence-electron chi connectivity index (χ0n) is 9.24. The second-order valence-corrected chi connectivity index (χ2v) is 5.49. The Bertz CT molecular complexity index is 585. The Morgan fingerprint density at radius 3 is 2.89 bits per heavy atom. The van der Waals surface area contributed by atoms with Crippen molar-refractivity contribution in [3.63, 3.8) is 0 Å². The first-order valence-electron chi connectivity index (χ1n) is 5.12. The lowest BCUT2D eigenvalue weighted by Crippen LogP contribution is -2.09. The molecule has 1 aromatic carbocycles. The van der Waals surface area contributed by atoms with Crippen LogP contribution in [0.4, 0.5) is 10.1 Å². The summed E-state index contributed by atoms with van der Waals surface area (Å²) in [5.41, 5.74) is 6.33. The van der Waals surface area contributed by atoms with E-state index >= 15 is 0 Å². The topological polar surface area (TPSA) is 55.1 Å². The third kappa shape index (κ3) is 3.08. The molecule has 0 spiro atoms. The summed E-state index contributed by atoms with van der Waals surface area (Å²) in [6.45, 7) is 0.514. The minimum atomic E-state index is -0.440. The molecular weight excluding hydrogens is 319 g/mol. The van der Waals surface area contributed by atoms with Crippen LogP contribution in [0.15, 0.2) is 34.1 Å². The molecule has 0 unspecified atom stereocenters. The van der Waals surface area contributed by atoms with Gasteiger partial charge in [-0.15, -0.1) is 11.3 Å². The molecule has 3 nitrogen and oxygen atoms in total. The molecule has 0 aliphatic heterocycles. The molecule has 3 N–H and O–H groups in total. The molecule has 1 aromatic heterocycles. The number of halogens is 2. The Balaban J connectivity index is 2.06. The lowest BCUT2D eigenvalue weighted by atomic mass is 10.3. The van der Waals surface area contributed by atoms with Crippen molar-refractivity contribution in [2.24, 2.45) is 5.73 Å². The predicted octanol–water partition coefficient (Wildman–Crippen LogP) is 3.36. The maximum Gasteiger partial charge on any atom is 0.249 e. The van der Waals surface area contributed by atoms with E-state index in [1.54, 1.807) is 17.5 Å². The van der Waals surface area contributed by atoms with Crippen molar-refractivity contribution < 1.29 is 9.18 Å². The molecule has 94 valence electrons. The Kier molecular flexibility index (Phi) is 3.98. The Morgan fingerprint density at radius 1 is 1.44 bits per heavy atom. The predicted molar refractivity (Wildman–Crippen MR) is 74.3 cm³/mol. The van der Waals surface area contributed by atoms with Gasteiger partial charge in [-0.1, -0.05) is 0 Å². The molecule has 18 heavy (non-hydrogen) atoms. The number of hydrogen-bond acceptors (Lipinski definition) is 3. The Hall–Kier alpha value is -1.40. The summed E-state index contributed by atoms with van der Waals surface area (Å²) in [7, 11) is 0. The lowest BCUT2D eigenvalue weighted by Gasteiger charge is -2.07. The van der Waals surface area contributed by atoms with Crippen LogP contribution in [0.2, 0.25) is 0 Å². The van der Waals surface area contributed by atoms with E-state index in [-0.39, 0.29) is 5.82 Å². The minimum Gasteiger partial charge on any atom is -0.379 e. The molecule has 0 saturated carbocycles. The van der Waals surface area contributed by atoms with Crippen molar-refractivity contribution in [1.82, 2.24) is 0 Å². The van der Waals surface area contributed by atoms with Gasteiger partial charge in [0.25, 0.3) is 0 Å². The summed E-state index contributed by atoms with van der Waals surface area (Å²) in [5, 5.41) is 4.80. The third-order valence-corrected chi connectivity index (χ3v) is 3.95. The molecule has 0 saturated heterocycles. The largest absolute Gasteiger partial charge is 0.379 e. The number of thiophene rings is 1. The molecular formula is C12H10BrFN2OS.